The third kappa shape index (κ3) is 4.94. The van der Waals surface area contributed by atoms with Gasteiger partial charge in [0.25, 0.3) is 5.91 Å². The molecule has 0 aliphatic carbocycles. The van der Waals surface area contributed by atoms with Gasteiger partial charge in [-0.3, -0.25) is 4.79 Å². The van der Waals surface area contributed by atoms with Crippen LogP contribution in [-0.4, -0.2) is 56.1 Å². The first-order chi connectivity index (χ1) is 11.3. The van der Waals surface area contributed by atoms with Crippen molar-refractivity contribution >= 4 is 17.5 Å². The SMILES string of the molecule is CN(C(=O)C[NH+]1CC[NH+](Cc2ccc(Cl)cc2)CC1)C(C)(C)C#N. The number of quaternary nitrogens is 2. The maximum Gasteiger partial charge on any atom is 0.278 e. The van der Waals surface area contributed by atoms with E-state index >= 15 is 0 Å². The summed E-state index contributed by atoms with van der Waals surface area (Å²) in [5, 5.41) is 9.92. The Bertz CT molecular complexity index is 600. The number of benzene rings is 1. The third-order valence-electron chi connectivity index (χ3n) is 4.92. The van der Waals surface area contributed by atoms with Gasteiger partial charge in [-0.2, -0.15) is 5.26 Å². The van der Waals surface area contributed by atoms with E-state index in [1.807, 2.05) is 12.1 Å². The van der Waals surface area contributed by atoms with Gasteiger partial charge in [-0.1, -0.05) is 23.7 Å². The van der Waals surface area contributed by atoms with Crippen molar-refractivity contribution in [2.45, 2.75) is 25.9 Å². The molecule has 1 saturated heterocycles. The lowest BCUT2D eigenvalue weighted by molar-refractivity contribution is -1.02. The summed E-state index contributed by atoms with van der Waals surface area (Å²) in [6.45, 7) is 9.08. The molecule has 0 radical (unpaired) electrons. The van der Waals surface area contributed by atoms with E-state index in [4.69, 9.17) is 16.9 Å². The van der Waals surface area contributed by atoms with Crippen LogP contribution in [0.1, 0.15) is 19.4 Å². The molecule has 24 heavy (non-hydrogen) atoms. The number of halogens is 1. The molecule has 0 bridgehead atoms. The van der Waals surface area contributed by atoms with E-state index in [1.165, 1.54) is 10.5 Å². The lowest BCUT2D eigenvalue weighted by atomic mass is 10.1. The summed E-state index contributed by atoms with van der Waals surface area (Å²) in [5.41, 5.74) is 0.544. The third-order valence-corrected chi connectivity index (χ3v) is 5.17. The van der Waals surface area contributed by atoms with Crippen molar-refractivity contribution in [1.82, 2.24) is 4.90 Å². The molecule has 1 heterocycles. The molecular weight excluding hydrogens is 324 g/mol. The van der Waals surface area contributed by atoms with E-state index in [0.717, 1.165) is 37.7 Å². The van der Waals surface area contributed by atoms with E-state index < -0.39 is 5.54 Å². The molecule has 1 fully saturated rings. The van der Waals surface area contributed by atoms with Crippen LogP contribution in [0.25, 0.3) is 0 Å². The predicted molar refractivity (Wildman–Crippen MR) is 93.9 cm³/mol. The summed E-state index contributed by atoms with van der Waals surface area (Å²) in [5.74, 6) is 0.0395. The summed E-state index contributed by atoms with van der Waals surface area (Å²) < 4.78 is 0. The minimum atomic E-state index is -0.752. The van der Waals surface area contributed by atoms with Crippen molar-refractivity contribution in [3.05, 3.63) is 34.9 Å². The normalized spacial score (nSPS) is 21.1. The van der Waals surface area contributed by atoms with Crippen LogP contribution in [0, 0.1) is 11.3 Å². The number of carbonyl (C=O) groups excluding carboxylic acids is 1. The Hall–Kier alpha value is -1.61. The van der Waals surface area contributed by atoms with Gasteiger partial charge in [0.1, 0.15) is 38.3 Å². The zero-order chi connectivity index (χ0) is 17.7. The van der Waals surface area contributed by atoms with Crippen molar-refractivity contribution in [3.8, 4) is 6.07 Å². The number of rotatable bonds is 5. The zero-order valence-electron chi connectivity index (χ0n) is 14.7. The van der Waals surface area contributed by atoms with Gasteiger partial charge in [0.05, 0.1) is 6.07 Å². The maximum atomic E-state index is 12.4. The molecule has 6 heteroatoms. The monoisotopic (exact) mass is 350 g/mol. The van der Waals surface area contributed by atoms with Gasteiger partial charge in [-0.15, -0.1) is 0 Å². The molecule has 130 valence electrons. The minimum Gasteiger partial charge on any atom is -0.323 e. The predicted octanol–water partition coefficient (Wildman–Crippen LogP) is -0.616. The highest BCUT2D eigenvalue weighted by molar-refractivity contribution is 6.30. The first kappa shape index (κ1) is 18.7. The summed E-state index contributed by atoms with van der Waals surface area (Å²) >= 11 is 5.92. The molecule has 1 aromatic rings. The quantitative estimate of drug-likeness (QED) is 0.744. The summed E-state index contributed by atoms with van der Waals surface area (Å²) in [6, 6.07) is 10.2. The Kier molecular flexibility index (Phi) is 6.22. The average molecular weight is 351 g/mol. The van der Waals surface area contributed by atoms with Gasteiger partial charge in [0.15, 0.2) is 6.54 Å². The van der Waals surface area contributed by atoms with E-state index in [9.17, 15) is 4.79 Å². The number of nitrogens with zero attached hydrogens (tertiary/aromatic N) is 2. The van der Waals surface area contributed by atoms with Crippen LogP contribution >= 0.6 is 11.6 Å². The van der Waals surface area contributed by atoms with Gasteiger partial charge in [-0.05, 0) is 26.0 Å². The van der Waals surface area contributed by atoms with E-state index in [-0.39, 0.29) is 5.91 Å². The second-order valence-corrected chi connectivity index (χ2v) is 7.54. The van der Waals surface area contributed by atoms with E-state index in [1.54, 1.807) is 30.7 Å². The van der Waals surface area contributed by atoms with Crippen LogP contribution in [0.2, 0.25) is 5.02 Å². The highest BCUT2D eigenvalue weighted by Crippen LogP contribution is 2.10. The first-order valence-corrected chi connectivity index (χ1v) is 8.79. The zero-order valence-corrected chi connectivity index (χ0v) is 15.5. The van der Waals surface area contributed by atoms with Crippen molar-refractivity contribution in [1.29, 1.82) is 5.26 Å². The highest BCUT2D eigenvalue weighted by atomic mass is 35.5. The lowest BCUT2D eigenvalue weighted by Gasteiger charge is -2.33. The molecule has 1 aliphatic heterocycles. The van der Waals surface area contributed by atoms with Gasteiger partial charge in [0, 0.05) is 17.6 Å². The highest BCUT2D eigenvalue weighted by Gasteiger charge is 2.31. The van der Waals surface area contributed by atoms with Crippen LogP contribution in [0.3, 0.4) is 0 Å². The Labute approximate surface area is 149 Å². The molecule has 0 unspecified atom stereocenters. The molecule has 0 aromatic heterocycles. The Morgan fingerprint density at radius 2 is 1.75 bits per heavy atom. The molecule has 2 rings (SSSR count). The molecule has 1 amide bonds. The number of hydrogen-bond acceptors (Lipinski definition) is 2. The van der Waals surface area contributed by atoms with Crippen molar-refractivity contribution in [2.75, 3.05) is 39.8 Å². The van der Waals surface area contributed by atoms with Gasteiger partial charge >= 0.3 is 0 Å². The van der Waals surface area contributed by atoms with Gasteiger partial charge in [0.2, 0.25) is 0 Å². The fourth-order valence-corrected chi connectivity index (χ4v) is 3.05. The van der Waals surface area contributed by atoms with Crippen LogP contribution < -0.4 is 9.80 Å². The Balaban J connectivity index is 1.79. The number of nitrogens with one attached hydrogen (secondary N) is 2. The molecule has 2 N–H and O–H groups in total. The molecule has 0 atom stereocenters. The van der Waals surface area contributed by atoms with E-state index in [2.05, 4.69) is 18.2 Å². The number of likely N-dealkylation sites (N-methyl/N-ethyl adjacent to an activating group) is 1. The molecule has 0 saturated carbocycles. The second kappa shape index (κ2) is 7.98. The van der Waals surface area contributed by atoms with Crippen LogP contribution in [-0.2, 0) is 11.3 Å². The summed E-state index contributed by atoms with van der Waals surface area (Å²) in [6.07, 6.45) is 0. The van der Waals surface area contributed by atoms with Crippen LogP contribution in [0.4, 0.5) is 0 Å². The van der Waals surface area contributed by atoms with Gasteiger partial charge < -0.3 is 14.7 Å². The maximum absolute atomic E-state index is 12.4. The number of hydrogen-bond donors (Lipinski definition) is 2. The Morgan fingerprint density at radius 3 is 2.29 bits per heavy atom. The van der Waals surface area contributed by atoms with Crippen molar-refractivity contribution < 1.29 is 14.6 Å². The minimum absolute atomic E-state index is 0.0395. The fourth-order valence-electron chi connectivity index (χ4n) is 2.92. The second-order valence-electron chi connectivity index (χ2n) is 7.10. The average Bonchev–Trinajstić information content (AvgIpc) is 2.58. The standard InChI is InChI=1S/C18H25ClN4O/c1-18(2,14-20)21(3)17(24)13-23-10-8-22(9-11-23)12-15-4-6-16(19)7-5-15/h4-7H,8-13H2,1-3H3/p+2. The van der Waals surface area contributed by atoms with Gasteiger partial charge in [-0.25, -0.2) is 0 Å². The number of carbonyl (C=O) groups is 1. The fraction of sp³-hybridized carbons (Fsp3) is 0.556. The largest absolute Gasteiger partial charge is 0.323 e. The van der Waals surface area contributed by atoms with Crippen LogP contribution in [0.15, 0.2) is 24.3 Å². The Morgan fingerprint density at radius 1 is 1.21 bits per heavy atom. The lowest BCUT2D eigenvalue weighted by Crippen LogP contribution is -3.28. The molecule has 1 aliphatic rings. The van der Waals surface area contributed by atoms with Crippen molar-refractivity contribution in [2.24, 2.45) is 0 Å². The summed E-state index contributed by atoms with van der Waals surface area (Å²) in [7, 11) is 1.72. The first-order valence-electron chi connectivity index (χ1n) is 8.41. The van der Waals surface area contributed by atoms with E-state index in [0.29, 0.717) is 6.54 Å². The topological polar surface area (TPSA) is 53.0 Å². The molecule has 1 aromatic carbocycles. The van der Waals surface area contributed by atoms with Crippen LogP contribution in [0.5, 0.6) is 0 Å². The molecule has 5 nitrogen and oxygen atoms in total. The molecule has 0 spiro atoms. The smallest absolute Gasteiger partial charge is 0.278 e. The molecular formula is C18H27ClN4O+2. The number of nitriles is 1. The summed E-state index contributed by atoms with van der Waals surface area (Å²) in [4.78, 5) is 16.8. The number of amides is 1. The number of piperazine rings is 1. The van der Waals surface area contributed by atoms with Crippen molar-refractivity contribution in [3.63, 3.8) is 0 Å².